The molecule has 0 atom stereocenters. The first-order chi connectivity index (χ1) is 14.0. The van der Waals surface area contributed by atoms with Gasteiger partial charge in [0.2, 0.25) is 0 Å². The van der Waals surface area contributed by atoms with Gasteiger partial charge in [-0.15, -0.1) is 0 Å². The second-order valence-corrected chi connectivity index (χ2v) is 6.44. The largest absolute Gasteiger partial charge is 0.348 e. The molecule has 0 unspecified atom stereocenters. The lowest BCUT2D eigenvalue weighted by Crippen LogP contribution is -2.22. The van der Waals surface area contributed by atoms with E-state index in [0.29, 0.717) is 22.6 Å². The maximum Gasteiger partial charge on any atom is 0.343 e. The summed E-state index contributed by atoms with van der Waals surface area (Å²) in [6.45, 7) is 0.281. The Morgan fingerprint density at radius 1 is 1.21 bits per heavy atom. The average molecular weight is 392 g/mol. The van der Waals surface area contributed by atoms with Crippen molar-refractivity contribution < 1.29 is 9.18 Å². The molecule has 2 heterocycles. The van der Waals surface area contributed by atoms with Crippen LogP contribution in [0.25, 0.3) is 17.1 Å². The summed E-state index contributed by atoms with van der Waals surface area (Å²) in [6.07, 6.45) is 3.35. The van der Waals surface area contributed by atoms with E-state index in [-0.39, 0.29) is 24.0 Å². The number of benzene rings is 2. The van der Waals surface area contributed by atoms with Gasteiger partial charge in [-0.3, -0.25) is 9.78 Å². The molecule has 1 amide bonds. The van der Waals surface area contributed by atoms with E-state index in [1.54, 1.807) is 60.5 Å². The van der Waals surface area contributed by atoms with Gasteiger partial charge in [-0.05, 0) is 30.3 Å². The van der Waals surface area contributed by atoms with Crippen molar-refractivity contribution in [3.05, 3.63) is 88.4 Å². The number of carbonyl (C=O) groups excluding carboxylic acids is 1. The van der Waals surface area contributed by atoms with E-state index in [1.165, 1.54) is 16.8 Å². The fourth-order valence-corrected chi connectivity index (χ4v) is 2.81. The number of rotatable bonds is 5. The highest BCUT2D eigenvalue weighted by Gasteiger charge is 2.09. The van der Waals surface area contributed by atoms with Crippen LogP contribution in [0.4, 0.5) is 4.39 Å². The molecule has 0 saturated heterocycles. The number of nitrogens with one attached hydrogen (secondary N) is 2. The van der Waals surface area contributed by atoms with Gasteiger partial charge in [0.25, 0.3) is 5.91 Å². The lowest BCUT2D eigenvalue weighted by atomic mass is 10.1. The molecule has 2 aromatic heterocycles. The molecular weight excluding hydrogens is 375 g/mol. The Kier molecular flexibility index (Phi) is 4.78. The number of aromatic amines is 1. The lowest BCUT2D eigenvalue weighted by Gasteiger charge is -2.04. The van der Waals surface area contributed by atoms with E-state index in [0.717, 1.165) is 5.56 Å². The molecule has 0 spiro atoms. The molecule has 4 rings (SSSR count). The summed E-state index contributed by atoms with van der Waals surface area (Å²) >= 11 is 0. The van der Waals surface area contributed by atoms with E-state index in [2.05, 4.69) is 20.5 Å². The average Bonchev–Trinajstić information content (AvgIpc) is 3.33. The first kappa shape index (κ1) is 18.4. The van der Waals surface area contributed by atoms with Crippen LogP contribution in [0.15, 0.2) is 65.7 Å². The minimum atomic E-state index is -0.342. The van der Waals surface area contributed by atoms with Gasteiger partial charge in [0.05, 0.1) is 11.9 Å². The number of aromatic nitrogens is 5. The van der Waals surface area contributed by atoms with Gasteiger partial charge in [0, 0.05) is 36.5 Å². The zero-order valence-electron chi connectivity index (χ0n) is 15.5. The van der Waals surface area contributed by atoms with Crippen LogP contribution >= 0.6 is 0 Å². The maximum atomic E-state index is 13.3. The molecule has 0 saturated carbocycles. The van der Waals surface area contributed by atoms with Gasteiger partial charge in [-0.2, -0.15) is 10.2 Å². The summed E-state index contributed by atoms with van der Waals surface area (Å²) in [5.41, 5.74) is 2.26. The number of nitrogens with zero attached hydrogens (tertiary/aromatic N) is 4. The van der Waals surface area contributed by atoms with E-state index < -0.39 is 0 Å². The number of H-pyrrole nitrogens is 1. The van der Waals surface area contributed by atoms with Crippen LogP contribution in [0, 0.1) is 5.82 Å². The van der Waals surface area contributed by atoms with E-state index in [1.807, 2.05) is 0 Å². The molecule has 0 fully saturated rings. The maximum absolute atomic E-state index is 13.3. The molecule has 29 heavy (non-hydrogen) atoms. The summed E-state index contributed by atoms with van der Waals surface area (Å²) in [6, 6.07) is 12.9. The topological polar surface area (TPSA) is 97.6 Å². The molecule has 0 aliphatic rings. The third kappa shape index (κ3) is 3.98. The van der Waals surface area contributed by atoms with Gasteiger partial charge < -0.3 is 5.32 Å². The highest BCUT2D eigenvalue weighted by Crippen LogP contribution is 2.14. The van der Waals surface area contributed by atoms with Crippen molar-refractivity contribution in [2.75, 3.05) is 0 Å². The molecule has 0 aliphatic heterocycles. The van der Waals surface area contributed by atoms with Crippen molar-refractivity contribution in [3.8, 4) is 17.1 Å². The summed E-state index contributed by atoms with van der Waals surface area (Å²) in [5.74, 6) is -0.148. The molecule has 146 valence electrons. The van der Waals surface area contributed by atoms with Crippen LogP contribution in [0.2, 0.25) is 0 Å². The van der Waals surface area contributed by atoms with Gasteiger partial charge in [0.1, 0.15) is 5.82 Å². The highest BCUT2D eigenvalue weighted by molar-refractivity contribution is 5.94. The third-order valence-corrected chi connectivity index (χ3v) is 4.35. The number of aryl methyl sites for hydroxylation is 1. The first-order valence-electron chi connectivity index (χ1n) is 8.81. The Balaban J connectivity index is 1.40. The molecule has 9 heteroatoms. The Labute approximate surface area is 164 Å². The van der Waals surface area contributed by atoms with E-state index in [4.69, 9.17) is 0 Å². The standard InChI is InChI=1S/C20H17FN6O2/c1-26-20(29)24-18(25-26)14-5-7-15(8-6-14)19(28)22-10-13-11-23-27(12-13)17-4-2-3-16(21)9-17/h2-9,11-12H,10H2,1H3,(H,22,28)(H,24,25,29). The zero-order chi connectivity index (χ0) is 20.4. The van der Waals surface area contributed by atoms with Crippen molar-refractivity contribution in [1.29, 1.82) is 0 Å². The van der Waals surface area contributed by atoms with Crippen molar-refractivity contribution in [2.45, 2.75) is 6.54 Å². The number of hydrogen-bond acceptors (Lipinski definition) is 4. The SMILES string of the molecule is Cn1nc(-c2ccc(C(=O)NCc3cnn(-c4cccc(F)c4)c3)cc2)[nH]c1=O. The molecule has 8 nitrogen and oxygen atoms in total. The van der Waals surface area contributed by atoms with Crippen LogP contribution in [0.1, 0.15) is 15.9 Å². The monoisotopic (exact) mass is 392 g/mol. The molecular formula is C20H17FN6O2. The summed E-state index contributed by atoms with van der Waals surface area (Å²) in [5, 5.41) is 11.1. The predicted octanol–water partition coefficient (Wildman–Crippen LogP) is 2.03. The van der Waals surface area contributed by atoms with Crippen LogP contribution in [0.5, 0.6) is 0 Å². The second kappa shape index (κ2) is 7.55. The summed E-state index contributed by atoms with van der Waals surface area (Å²) in [4.78, 5) is 26.5. The van der Waals surface area contributed by atoms with Gasteiger partial charge >= 0.3 is 5.69 Å². The summed E-state index contributed by atoms with van der Waals surface area (Å²) in [7, 11) is 1.56. The minimum absolute atomic E-state index is 0.246. The summed E-state index contributed by atoms with van der Waals surface area (Å²) < 4.78 is 16.1. The fraction of sp³-hybridized carbons (Fsp3) is 0.100. The quantitative estimate of drug-likeness (QED) is 0.543. The predicted molar refractivity (Wildman–Crippen MR) is 104 cm³/mol. The number of halogens is 1. The second-order valence-electron chi connectivity index (χ2n) is 6.44. The Morgan fingerprint density at radius 2 is 2.00 bits per heavy atom. The third-order valence-electron chi connectivity index (χ3n) is 4.35. The van der Waals surface area contributed by atoms with Crippen LogP contribution in [-0.4, -0.2) is 30.5 Å². The number of amides is 1. The fourth-order valence-electron chi connectivity index (χ4n) is 2.81. The minimum Gasteiger partial charge on any atom is -0.348 e. The van der Waals surface area contributed by atoms with Gasteiger partial charge in [-0.25, -0.2) is 18.5 Å². The normalized spacial score (nSPS) is 10.8. The smallest absolute Gasteiger partial charge is 0.343 e. The van der Waals surface area contributed by atoms with E-state index >= 15 is 0 Å². The molecule has 0 radical (unpaired) electrons. The highest BCUT2D eigenvalue weighted by atomic mass is 19.1. The number of hydrogen-bond donors (Lipinski definition) is 2. The molecule has 2 N–H and O–H groups in total. The van der Waals surface area contributed by atoms with E-state index in [9.17, 15) is 14.0 Å². The van der Waals surface area contributed by atoms with Crippen molar-refractivity contribution in [3.63, 3.8) is 0 Å². The molecule has 4 aromatic rings. The van der Waals surface area contributed by atoms with Crippen molar-refractivity contribution >= 4 is 5.91 Å². The lowest BCUT2D eigenvalue weighted by molar-refractivity contribution is 0.0951. The van der Waals surface area contributed by atoms with Crippen LogP contribution in [-0.2, 0) is 13.6 Å². The Bertz CT molecular complexity index is 1220. The van der Waals surface area contributed by atoms with Gasteiger partial charge in [0.15, 0.2) is 5.82 Å². The number of carbonyl (C=O) groups is 1. The molecule has 2 aromatic carbocycles. The Hall–Kier alpha value is -4.01. The van der Waals surface area contributed by atoms with Gasteiger partial charge in [-0.1, -0.05) is 18.2 Å². The first-order valence-corrected chi connectivity index (χ1v) is 8.81. The zero-order valence-corrected chi connectivity index (χ0v) is 15.5. The van der Waals surface area contributed by atoms with Crippen molar-refractivity contribution in [2.24, 2.45) is 7.05 Å². The van der Waals surface area contributed by atoms with Crippen LogP contribution < -0.4 is 11.0 Å². The Morgan fingerprint density at radius 3 is 2.69 bits per heavy atom. The van der Waals surface area contributed by atoms with Crippen molar-refractivity contribution in [1.82, 2.24) is 29.9 Å². The van der Waals surface area contributed by atoms with Crippen LogP contribution in [0.3, 0.4) is 0 Å². The molecule has 0 aliphatic carbocycles. The molecule has 0 bridgehead atoms.